The summed E-state index contributed by atoms with van der Waals surface area (Å²) >= 11 is 1.22. The van der Waals surface area contributed by atoms with Gasteiger partial charge in [0.25, 0.3) is 5.56 Å². The van der Waals surface area contributed by atoms with Crippen LogP contribution in [0.3, 0.4) is 0 Å². The molecule has 0 saturated heterocycles. The van der Waals surface area contributed by atoms with Crippen molar-refractivity contribution in [2.75, 3.05) is 13.7 Å². The molecule has 4 rings (SSSR count). The van der Waals surface area contributed by atoms with Gasteiger partial charge in [-0.1, -0.05) is 35.6 Å². The van der Waals surface area contributed by atoms with E-state index in [2.05, 4.69) is 4.99 Å². The largest absolute Gasteiger partial charge is 0.497 e. The van der Waals surface area contributed by atoms with E-state index in [0.29, 0.717) is 31.9 Å². The Hall–Kier alpha value is -3.52. The molecule has 164 valence electrons. The van der Waals surface area contributed by atoms with E-state index in [0.717, 1.165) is 5.56 Å². The first-order valence-electron chi connectivity index (χ1n) is 10.0. The maximum absolute atomic E-state index is 13.4. The lowest BCUT2D eigenvalue weighted by atomic mass is 9.96. The molecule has 0 saturated carbocycles. The van der Waals surface area contributed by atoms with Gasteiger partial charge in [0.05, 0.1) is 35.6 Å². The van der Waals surface area contributed by atoms with Crippen molar-refractivity contribution in [3.63, 3.8) is 0 Å². The Morgan fingerprint density at radius 2 is 1.88 bits per heavy atom. The second-order valence-electron chi connectivity index (χ2n) is 7.13. The summed E-state index contributed by atoms with van der Waals surface area (Å²) in [7, 11) is 1.57. The number of fused-ring (bicyclic) bond motifs is 1. The van der Waals surface area contributed by atoms with E-state index in [1.165, 1.54) is 28.0 Å². The van der Waals surface area contributed by atoms with E-state index < -0.39 is 12.0 Å². The maximum atomic E-state index is 13.4. The molecule has 0 spiro atoms. The highest BCUT2D eigenvalue weighted by atomic mass is 32.1. The molecule has 1 aliphatic rings. The summed E-state index contributed by atoms with van der Waals surface area (Å²) in [6, 6.07) is 12.4. The number of rotatable bonds is 5. The fraction of sp³-hybridized carbons (Fsp3) is 0.208. The van der Waals surface area contributed by atoms with Crippen molar-refractivity contribution in [3.8, 4) is 5.75 Å². The summed E-state index contributed by atoms with van der Waals surface area (Å²) < 4.78 is 25.7. The molecular weight excluding hydrogens is 431 g/mol. The van der Waals surface area contributed by atoms with E-state index in [1.54, 1.807) is 51.3 Å². The zero-order valence-electron chi connectivity index (χ0n) is 17.8. The van der Waals surface area contributed by atoms with Gasteiger partial charge in [0.15, 0.2) is 4.80 Å². The van der Waals surface area contributed by atoms with Crippen molar-refractivity contribution in [1.29, 1.82) is 0 Å². The normalized spacial score (nSPS) is 15.9. The number of hydrogen-bond donors (Lipinski definition) is 0. The van der Waals surface area contributed by atoms with Gasteiger partial charge in [0.1, 0.15) is 11.6 Å². The number of hydrogen-bond acceptors (Lipinski definition) is 6. The standard InChI is InChI=1S/C24H21FN2O4S/c1-4-31-23(29)20-14(2)26-24-27(21(20)16-7-11-18(30-3)12-8-16)22(28)19(32-24)13-15-5-9-17(25)10-6-15/h5-13,21H,4H2,1-3H3. The number of ether oxygens (including phenoxy) is 2. The smallest absolute Gasteiger partial charge is 0.338 e. The van der Waals surface area contributed by atoms with Crippen LogP contribution < -0.4 is 19.6 Å². The average molecular weight is 453 g/mol. The molecule has 0 fully saturated rings. The number of nitrogens with zero attached hydrogens (tertiary/aromatic N) is 2. The van der Waals surface area contributed by atoms with Gasteiger partial charge in [-0.15, -0.1) is 0 Å². The summed E-state index contributed by atoms with van der Waals surface area (Å²) in [6.45, 7) is 3.67. The zero-order chi connectivity index (χ0) is 22.8. The molecule has 0 aliphatic carbocycles. The van der Waals surface area contributed by atoms with E-state index >= 15 is 0 Å². The third-order valence-corrected chi connectivity index (χ3v) is 6.10. The first kappa shape index (κ1) is 21.7. The summed E-state index contributed by atoms with van der Waals surface area (Å²) in [6.07, 6.45) is 1.69. The highest BCUT2D eigenvalue weighted by Gasteiger charge is 2.33. The zero-order valence-corrected chi connectivity index (χ0v) is 18.6. The molecule has 2 aromatic carbocycles. The van der Waals surface area contributed by atoms with Crippen LogP contribution in [0.2, 0.25) is 0 Å². The van der Waals surface area contributed by atoms with Crippen LogP contribution in [0.1, 0.15) is 31.0 Å². The van der Waals surface area contributed by atoms with Crippen LogP contribution in [0, 0.1) is 5.82 Å². The van der Waals surface area contributed by atoms with Crippen LogP contribution in [-0.2, 0) is 9.53 Å². The van der Waals surface area contributed by atoms with Crippen molar-refractivity contribution in [2.45, 2.75) is 19.9 Å². The molecule has 2 heterocycles. The number of methoxy groups -OCH3 is 1. The number of aromatic nitrogens is 1. The molecule has 0 radical (unpaired) electrons. The number of esters is 1. The van der Waals surface area contributed by atoms with Gasteiger partial charge in [-0.25, -0.2) is 14.2 Å². The Kier molecular flexibility index (Phi) is 6.05. The van der Waals surface area contributed by atoms with Gasteiger partial charge in [-0.05, 0) is 55.3 Å². The third-order valence-electron chi connectivity index (χ3n) is 5.12. The molecule has 1 aromatic heterocycles. The second kappa shape index (κ2) is 8.92. The van der Waals surface area contributed by atoms with Crippen molar-refractivity contribution < 1.29 is 18.7 Å². The van der Waals surface area contributed by atoms with Crippen LogP contribution in [0.4, 0.5) is 4.39 Å². The number of halogens is 1. The molecule has 6 nitrogen and oxygen atoms in total. The van der Waals surface area contributed by atoms with Gasteiger partial charge in [-0.3, -0.25) is 9.36 Å². The van der Waals surface area contributed by atoms with Crippen LogP contribution in [-0.4, -0.2) is 24.3 Å². The first-order valence-corrected chi connectivity index (χ1v) is 10.8. The molecule has 1 unspecified atom stereocenters. The maximum Gasteiger partial charge on any atom is 0.338 e. The minimum absolute atomic E-state index is 0.208. The predicted molar refractivity (Wildman–Crippen MR) is 120 cm³/mol. The van der Waals surface area contributed by atoms with E-state index in [1.807, 2.05) is 12.1 Å². The van der Waals surface area contributed by atoms with Crippen LogP contribution in [0.25, 0.3) is 6.08 Å². The molecule has 1 aliphatic heterocycles. The van der Waals surface area contributed by atoms with Gasteiger partial charge < -0.3 is 9.47 Å². The minimum atomic E-state index is -0.688. The summed E-state index contributed by atoms with van der Waals surface area (Å²) in [5.74, 6) is -0.198. The summed E-state index contributed by atoms with van der Waals surface area (Å²) in [4.78, 5) is 31.3. The van der Waals surface area contributed by atoms with Crippen LogP contribution in [0.15, 0.2) is 69.6 Å². The molecular formula is C24H21FN2O4S. The second-order valence-corrected chi connectivity index (χ2v) is 8.14. The third kappa shape index (κ3) is 4.01. The molecule has 0 amide bonds. The SMILES string of the molecule is CCOC(=O)C1=C(C)N=c2sc(=Cc3ccc(F)cc3)c(=O)n2C1c1ccc(OC)cc1. The summed E-state index contributed by atoms with van der Waals surface area (Å²) in [5, 5.41) is 0. The van der Waals surface area contributed by atoms with Gasteiger partial charge >= 0.3 is 5.97 Å². The van der Waals surface area contributed by atoms with Gasteiger partial charge in [-0.2, -0.15) is 0 Å². The lowest BCUT2D eigenvalue weighted by Gasteiger charge is -2.24. The minimum Gasteiger partial charge on any atom is -0.497 e. The quantitative estimate of drug-likeness (QED) is 0.558. The fourth-order valence-electron chi connectivity index (χ4n) is 3.60. The van der Waals surface area contributed by atoms with Gasteiger partial charge in [0.2, 0.25) is 0 Å². The number of thiazole rings is 1. The summed E-state index contributed by atoms with van der Waals surface area (Å²) in [5.41, 5.74) is 1.96. The van der Waals surface area contributed by atoms with E-state index in [4.69, 9.17) is 9.47 Å². The van der Waals surface area contributed by atoms with Crippen molar-refractivity contribution in [3.05, 3.63) is 96.4 Å². The number of allylic oxidation sites excluding steroid dienone is 1. The van der Waals surface area contributed by atoms with Gasteiger partial charge in [0, 0.05) is 0 Å². The molecule has 0 N–H and O–H groups in total. The van der Waals surface area contributed by atoms with Crippen LogP contribution in [0.5, 0.6) is 5.75 Å². The Bertz CT molecular complexity index is 1370. The average Bonchev–Trinajstić information content (AvgIpc) is 3.09. The topological polar surface area (TPSA) is 69.9 Å². The molecule has 3 aromatic rings. The fourth-order valence-corrected chi connectivity index (χ4v) is 4.65. The Morgan fingerprint density at radius 1 is 1.19 bits per heavy atom. The van der Waals surface area contributed by atoms with Crippen LogP contribution >= 0.6 is 11.3 Å². The van der Waals surface area contributed by atoms with E-state index in [9.17, 15) is 14.0 Å². The van der Waals surface area contributed by atoms with Crippen molar-refractivity contribution in [1.82, 2.24) is 4.57 Å². The highest BCUT2D eigenvalue weighted by molar-refractivity contribution is 7.07. The highest BCUT2D eigenvalue weighted by Crippen LogP contribution is 2.31. The first-order chi connectivity index (χ1) is 15.4. The number of carbonyl (C=O) groups excluding carboxylic acids is 1. The Morgan fingerprint density at radius 3 is 2.50 bits per heavy atom. The number of benzene rings is 2. The molecule has 0 bridgehead atoms. The van der Waals surface area contributed by atoms with Crippen molar-refractivity contribution >= 4 is 23.4 Å². The Labute approximate surface area is 187 Å². The molecule has 1 atom stereocenters. The Balaban J connectivity index is 1.93. The molecule has 32 heavy (non-hydrogen) atoms. The monoisotopic (exact) mass is 452 g/mol. The van der Waals surface area contributed by atoms with E-state index in [-0.39, 0.29) is 18.0 Å². The number of carbonyl (C=O) groups is 1. The lowest BCUT2D eigenvalue weighted by Crippen LogP contribution is -2.39. The molecule has 8 heteroatoms. The predicted octanol–water partition coefficient (Wildman–Crippen LogP) is 2.95. The lowest BCUT2D eigenvalue weighted by molar-refractivity contribution is -0.139. The van der Waals surface area contributed by atoms with Crippen molar-refractivity contribution in [2.24, 2.45) is 4.99 Å².